The van der Waals surface area contributed by atoms with Crippen molar-refractivity contribution in [1.29, 1.82) is 0 Å². The second-order valence-electron chi connectivity index (χ2n) is 22.4. The summed E-state index contributed by atoms with van der Waals surface area (Å²) in [6.07, 6.45) is 92.1. The Morgan fingerprint density at radius 1 is 0.438 bits per heavy atom. The molecule has 0 aromatic carbocycles. The quantitative estimate of drug-likeness (QED) is 0.0243. The lowest BCUT2D eigenvalue weighted by atomic mass is 10.0. The average Bonchev–Trinajstić information content (AvgIpc) is 3.42. The number of aliphatic hydroxyl groups is 1. The van der Waals surface area contributed by atoms with Gasteiger partial charge < -0.3 is 19.8 Å². The van der Waals surface area contributed by atoms with Gasteiger partial charge in [-0.3, -0.25) is 13.8 Å². The predicted molar refractivity (Wildman–Crippen MR) is 350 cm³/mol. The molecule has 0 aliphatic carbocycles. The van der Waals surface area contributed by atoms with E-state index in [0.717, 1.165) is 109 Å². The van der Waals surface area contributed by atoms with Crippen LogP contribution < -0.4 is 5.32 Å². The van der Waals surface area contributed by atoms with E-state index in [2.05, 4.69) is 165 Å². The molecule has 3 atom stereocenters. The molecular weight excluding hydrogens is 1010 g/mol. The van der Waals surface area contributed by atoms with Crippen LogP contribution in [0.15, 0.2) is 146 Å². The number of carbonyl (C=O) groups is 1. The molecule has 0 saturated carbocycles. The number of hydrogen-bond donors (Lipinski definition) is 3. The molecule has 0 aliphatic heterocycles. The molecule has 1 amide bonds. The van der Waals surface area contributed by atoms with E-state index in [-0.39, 0.29) is 19.1 Å². The van der Waals surface area contributed by atoms with Gasteiger partial charge in [-0.25, -0.2) is 4.57 Å². The zero-order chi connectivity index (χ0) is 58.4. The van der Waals surface area contributed by atoms with Gasteiger partial charge in [-0.2, -0.15) is 0 Å². The summed E-state index contributed by atoms with van der Waals surface area (Å²) in [4.78, 5) is 23.4. The number of unbranched alkanes of at least 4 members (excludes halogenated alkanes) is 20. The minimum absolute atomic E-state index is 0.0586. The Bertz CT molecular complexity index is 1810. The Balaban J connectivity index is 4.24. The van der Waals surface area contributed by atoms with E-state index in [9.17, 15) is 19.4 Å². The molecule has 0 aromatic heterocycles. The number of likely N-dealkylation sites (N-methyl/N-ethyl adjacent to an activating group) is 1. The highest BCUT2D eigenvalue weighted by Gasteiger charge is 2.28. The number of carbonyl (C=O) groups excluding carboxylic acids is 1. The lowest BCUT2D eigenvalue weighted by molar-refractivity contribution is -0.870. The molecule has 3 N–H and O–H groups in total. The van der Waals surface area contributed by atoms with E-state index in [1.807, 2.05) is 21.1 Å². The summed E-state index contributed by atoms with van der Waals surface area (Å²) in [5.41, 5.74) is 0. The van der Waals surface area contributed by atoms with Crippen LogP contribution in [-0.2, 0) is 18.4 Å². The molecule has 0 bridgehead atoms. The molecule has 9 heteroatoms. The fourth-order valence-corrected chi connectivity index (χ4v) is 9.35. The van der Waals surface area contributed by atoms with Gasteiger partial charge in [-0.05, 0) is 103 Å². The largest absolute Gasteiger partial charge is 0.472 e. The van der Waals surface area contributed by atoms with Gasteiger partial charge in [0, 0.05) is 6.42 Å². The van der Waals surface area contributed by atoms with Gasteiger partial charge in [-0.15, -0.1) is 0 Å². The van der Waals surface area contributed by atoms with E-state index in [1.54, 1.807) is 0 Å². The Morgan fingerprint density at radius 3 is 1.07 bits per heavy atom. The van der Waals surface area contributed by atoms with Crippen molar-refractivity contribution in [3.05, 3.63) is 146 Å². The Kier molecular flexibility index (Phi) is 57.3. The summed E-state index contributed by atoms with van der Waals surface area (Å²) >= 11 is 0. The van der Waals surface area contributed by atoms with Crippen molar-refractivity contribution in [2.24, 2.45) is 0 Å². The molecule has 0 rings (SSSR count). The van der Waals surface area contributed by atoms with Crippen LogP contribution in [0, 0.1) is 0 Å². The molecular formula is C71H122N2O6P+. The number of nitrogens with one attached hydrogen (secondary N) is 1. The number of rotatable bonds is 57. The molecule has 0 radical (unpaired) electrons. The molecule has 0 saturated heterocycles. The number of phosphoric acid groups is 1. The van der Waals surface area contributed by atoms with Crippen LogP contribution in [0.4, 0.5) is 0 Å². The first-order valence-corrected chi connectivity index (χ1v) is 33.7. The van der Waals surface area contributed by atoms with E-state index in [4.69, 9.17) is 9.05 Å². The van der Waals surface area contributed by atoms with Crippen LogP contribution in [0.3, 0.4) is 0 Å². The van der Waals surface area contributed by atoms with Gasteiger partial charge in [-0.1, -0.05) is 282 Å². The average molecular weight is 1130 g/mol. The number of quaternary nitrogens is 1. The van der Waals surface area contributed by atoms with Gasteiger partial charge in [0.2, 0.25) is 5.91 Å². The van der Waals surface area contributed by atoms with Gasteiger partial charge in [0.15, 0.2) is 0 Å². The minimum atomic E-state index is -4.35. The molecule has 80 heavy (non-hydrogen) atoms. The van der Waals surface area contributed by atoms with Crippen LogP contribution in [0.5, 0.6) is 0 Å². The topological polar surface area (TPSA) is 105 Å². The van der Waals surface area contributed by atoms with Gasteiger partial charge in [0.05, 0.1) is 39.9 Å². The van der Waals surface area contributed by atoms with Crippen molar-refractivity contribution in [3.63, 3.8) is 0 Å². The standard InChI is InChI=1S/C71H121N2O6P/c1-6-8-10-12-14-16-18-20-22-24-26-27-28-29-30-31-32-33-34-35-36-37-38-39-40-41-42-43-44-45-47-49-51-53-55-57-59-61-63-65-71(75)72-69(68-79-80(76,77)78-67-66-73(3,4)5)70(74)64-62-60-58-56-54-52-50-48-46-25-23-21-19-17-15-13-11-9-7-2/h8,10,14,16,20,22,26-27,29-30,32-33,35-36,38-39,41-42,44-45,49,51,55,57,69-70,74H,6-7,9,11-13,15,17-19,21,23-25,28,31,34,37,40,43,46-48,50,52-54,56,58-68H2,1-5H3,(H-,72,75,76,77)/p+1/b10-8-,16-14-,22-20-,27-26-,30-29-,33-32-,36-35-,39-38-,42-41-,45-44-,51-49-,57-55-. The number of aliphatic hydroxyl groups excluding tert-OH is 1. The van der Waals surface area contributed by atoms with Crippen LogP contribution in [0.25, 0.3) is 0 Å². The summed E-state index contributed by atoms with van der Waals surface area (Å²) < 4.78 is 23.8. The van der Waals surface area contributed by atoms with Crippen LogP contribution >= 0.6 is 7.82 Å². The Hall–Kier alpha value is -3.62. The molecule has 0 aromatic rings. The summed E-state index contributed by atoms with van der Waals surface area (Å²) in [6.45, 7) is 4.74. The second kappa shape index (κ2) is 60.0. The predicted octanol–water partition coefficient (Wildman–Crippen LogP) is 20.4. The number of nitrogens with zero attached hydrogens (tertiary/aromatic N) is 1. The van der Waals surface area contributed by atoms with Gasteiger partial charge in [0.1, 0.15) is 13.2 Å². The number of phosphoric ester groups is 1. The summed E-state index contributed by atoms with van der Waals surface area (Å²) in [6, 6.07) is -0.796. The number of hydrogen-bond acceptors (Lipinski definition) is 5. The number of allylic oxidation sites excluding steroid dienone is 24. The van der Waals surface area contributed by atoms with Crippen molar-refractivity contribution in [3.8, 4) is 0 Å². The van der Waals surface area contributed by atoms with Crippen LogP contribution in [-0.4, -0.2) is 73.4 Å². The maximum atomic E-state index is 13.0. The fraction of sp³-hybridized carbons (Fsp3) is 0.648. The first kappa shape index (κ1) is 76.4. The van der Waals surface area contributed by atoms with Gasteiger partial charge in [0.25, 0.3) is 0 Å². The van der Waals surface area contributed by atoms with E-state index < -0.39 is 20.0 Å². The molecule has 0 aliphatic rings. The highest BCUT2D eigenvalue weighted by atomic mass is 31.2. The minimum Gasteiger partial charge on any atom is -0.391 e. The van der Waals surface area contributed by atoms with E-state index in [0.29, 0.717) is 30.3 Å². The maximum absolute atomic E-state index is 13.0. The Morgan fingerprint density at radius 2 is 0.750 bits per heavy atom. The maximum Gasteiger partial charge on any atom is 0.472 e. The lowest BCUT2D eigenvalue weighted by Crippen LogP contribution is -2.46. The van der Waals surface area contributed by atoms with Crippen LogP contribution in [0.1, 0.15) is 245 Å². The third-order valence-electron chi connectivity index (χ3n) is 13.6. The fourth-order valence-electron chi connectivity index (χ4n) is 8.62. The lowest BCUT2D eigenvalue weighted by Gasteiger charge is -2.26. The van der Waals surface area contributed by atoms with E-state index >= 15 is 0 Å². The number of amides is 1. The molecule has 3 unspecified atom stereocenters. The van der Waals surface area contributed by atoms with Crippen molar-refractivity contribution < 1.29 is 32.9 Å². The summed E-state index contributed by atoms with van der Waals surface area (Å²) in [5, 5.41) is 14.1. The zero-order valence-electron chi connectivity index (χ0n) is 52.0. The first-order chi connectivity index (χ1) is 39.0. The van der Waals surface area contributed by atoms with Crippen molar-refractivity contribution in [2.75, 3.05) is 40.9 Å². The molecule has 0 spiro atoms. The normalized spacial score (nSPS) is 14.7. The SMILES string of the molecule is CC/C=C\C/C=C\C/C=C\C/C=C\C/C=C\C/C=C\C/C=C\C/C=C\C/C=C\C/C=C\C/C=C\C/C=C\CCCCC(=O)NC(COP(=O)(O)OCC[N+](C)(C)C)C(O)CCCCCCCCCCCCCCCCCCCCC. The second-order valence-corrected chi connectivity index (χ2v) is 23.9. The smallest absolute Gasteiger partial charge is 0.391 e. The van der Waals surface area contributed by atoms with E-state index in [1.165, 1.54) is 103 Å². The molecule has 8 nitrogen and oxygen atoms in total. The first-order valence-electron chi connectivity index (χ1n) is 32.2. The Labute approximate surface area is 493 Å². The molecule has 0 heterocycles. The van der Waals surface area contributed by atoms with Crippen molar-refractivity contribution >= 4 is 13.7 Å². The molecule has 0 fully saturated rings. The van der Waals surface area contributed by atoms with Crippen molar-refractivity contribution in [2.45, 2.75) is 257 Å². The summed E-state index contributed by atoms with van der Waals surface area (Å²) in [5.74, 6) is -0.191. The third kappa shape index (κ3) is 62.0. The summed E-state index contributed by atoms with van der Waals surface area (Å²) in [7, 11) is 1.57. The highest BCUT2D eigenvalue weighted by Crippen LogP contribution is 2.43. The molecule has 456 valence electrons. The van der Waals surface area contributed by atoms with Crippen LogP contribution in [0.2, 0.25) is 0 Å². The highest BCUT2D eigenvalue weighted by molar-refractivity contribution is 7.47. The monoisotopic (exact) mass is 1130 g/mol. The van der Waals surface area contributed by atoms with Gasteiger partial charge >= 0.3 is 7.82 Å². The third-order valence-corrected chi connectivity index (χ3v) is 14.6. The van der Waals surface area contributed by atoms with Crippen molar-refractivity contribution in [1.82, 2.24) is 5.32 Å². The zero-order valence-corrected chi connectivity index (χ0v) is 52.9.